The molecule has 78 valence electrons. The third-order valence-electron chi connectivity index (χ3n) is 1.65. The van der Waals surface area contributed by atoms with E-state index in [1.807, 2.05) is 0 Å². The fourth-order valence-electron chi connectivity index (χ4n) is 1.04. The number of hydrogen-bond acceptors (Lipinski definition) is 3. The summed E-state index contributed by atoms with van der Waals surface area (Å²) in [4.78, 5) is 0. The van der Waals surface area contributed by atoms with Crippen molar-refractivity contribution < 1.29 is 27.4 Å². The second-order valence-electron chi connectivity index (χ2n) is 2.60. The van der Waals surface area contributed by atoms with Crippen LogP contribution in [0.3, 0.4) is 0 Å². The standard InChI is InChI=1S/C7H11F3O3/c1-2-11-6-3-5(7(8,9)10)12-4-13-6/h5-6H,2-4H2,1H3. The van der Waals surface area contributed by atoms with Crippen LogP contribution in [-0.2, 0) is 14.2 Å². The van der Waals surface area contributed by atoms with Crippen molar-refractivity contribution in [3.05, 3.63) is 0 Å². The molecule has 6 heteroatoms. The second-order valence-corrected chi connectivity index (χ2v) is 2.60. The number of halogens is 3. The van der Waals surface area contributed by atoms with E-state index in [4.69, 9.17) is 9.47 Å². The van der Waals surface area contributed by atoms with Crippen LogP contribution in [0.25, 0.3) is 0 Å². The maximum Gasteiger partial charge on any atom is 0.414 e. The summed E-state index contributed by atoms with van der Waals surface area (Å²) in [6, 6.07) is 0. The Balaban J connectivity index is 2.42. The first-order valence-corrected chi connectivity index (χ1v) is 3.95. The molecule has 1 heterocycles. The van der Waals surface area contributed by atoms with Crippen LogP contribution in [0.4, 0.5) is 13.2 Å². The highest BCUT2D eigenvalue weighted by atomic mass is 19.4. The average Bonchev–Trinajstić information content (AvgIpc) is 2.04. The van der Waals surface area contributed by atoms with Crippen LogP contribution in [0.5, 0.6) is 0 Å². The second kappa shape index (κ2) is 4.26. The molecule has 1 rings (SSSR count). The molecule has 0 radical (unpaired) electrons. The molecule has 13 heavy (non-hydrogen) atoms. The molecule has 0 bridgehead atoms. The van der Waals surface area contributed by atoms with Crippen molar-refractivity contribution in [2.75, 3.05) is 13.4 Å². The van der Waals surface area contributed by atoms with Gasteiger partial charge in [0.1, 0.15) is 0 Å². The minimum absolute atomic E-state index is 0.294. The van der Waals surface area contributed by atoms with E-state index >= 15 is 0 Å². The van der Waals surface area contributed by atoms with Crippen LogP contribution < -0.4 is 0 Å². The van der Waals surface area contributed by atoms with Crippen molar-refractivity contribution >= 4 is 0 Å². The summed E-state index contributed by atoms with van der Waals surface area (Å²) in [6.45, 7) is 1.66. The summed E-state index contributed by atoms with van der Waals surface area (Å²) in [5.41, 5.74) is 0. The molecule has 0 aromatic rings. The lowest BCUT2D eigenvalue weighted by Gasteiger charge is -2.30. The van der Waals surface area contributed by atoms with Gasteiger partial charge in [-0.05, 0) is 6.92 Å². The van der Waals surface area contributed by atoms with Gasteiger partial charge in [0.15, 0.2) is 19.2 Å². The Hall–Kier alpha value is -0.330. The zero-order valence-corrected chi connectivity index (χ0v) is 7.13. The van der Waals surface area contributed by atoms with E-state index in [1.54, 1.807) is 6.92 Å². The van der Waals surface area contributed by atoms with Crippen LogP contribution in [-0.4, -0.2) is 32.0 Å². The van der Waals surface area contributed by atoms with E-state index in [-0.39, 0.29) is 13.2 Å². The predicted molar refractivity (Wildman–Crippen MR) is 36.9 cm³/mol. The normalized spacial score (nSPS) is 30.5. The van der Waals surface area contributed by atoms with Crippen LogP contribution in [0.1, 0.15) is 13.3 Å². The summed E-state index contributed by atoms with van der Waals surface area (Å²) in [7, 11) is 0. The first-order valence-electron chi connectivity index (χ1n) is 3.95. The van der Waals surface area contributed by atoms with Gasteiger partial charge in [0.25, 0.3) is 0 Å². The fraction of sp³-hybridized carbons (Fsp3) is 1.00. The van der Waals surface area contributed by atoms with Gasteiger partial charge < -0.3 is 14.2 Å². The van der Waals surface area contributed by atoms with Gasteiger partial charge in [0.05, 0.1) is 0 Å². The first kappa shape index (κ1) is 10.7. The van der Waals surface area contributed by atoms with Crippen LogP contribution >= 0.6 is 0 Å². The Morgan fingerprint density at radius 1 is 1.38 bits per heavy atom. The molecule has 0 aromatic carbocycles. The SMILES string of the molecule is CCOC1CC(C(F)(F)F)OCO1. The van der Waals surface area contributed by atoms with E-state index < -0.39 is 18.6 Å². The predicted octanol–water partition coefficient (Wildman–Crippen LogP) is 1.67. The molecule has 1 saturated heterocycles. The molecule has 0 spiro atoms. The Labute approximate surface area is 73.8 Å². The summed E-state index contributed by atoms with van der Waals surface area (Å²) in [5, 5.41) is 0. The van der Waals surface area contributed by atoms with Gasteiger partial charge in [-0.25, -0.2) is 0 Å². The Kier molecular flexibility index (Phi) is 3.52. The van der Waals surface area contributed by atoms with Gasteiger partial charge in [-0.1, -0.05) is 0 Å². The minimum Gasteiger partial charge on any atom is -0.353 e. The molecule has 0 aromatic heterocycles. The highest BCUT2D eigenvalue weighted by Crippen LogP contribution is 2.29. The fourth-order valence-corrected chi connectivity index (χ4v) is 1.04. The van der Waals surface area contributed by atoms with Crippen molar-refractivity contribution in [2.24, 2.45) is 0 Å². The summed E-state index contributed by atoms with van der Waals surface area (Å²) in [6.07, 6.45) is -7.20. The highest BCUT2D eigenvalue weighted by Gasteiger charge is 2.44. The van der Waals surface area contributed by atoms with Crippen molar-refractivity contribution in [1.29, 1.82) is 0 Å². The minimum atomic E-state index is -4.33. The number of rotatable bonds is 2. The summed E-state index contributed by atoms with van der Waals surface area (Å²) < 4.78 is 50.5. The molecule has 1 fully saturated rings. The van der Waals surface area contributed by atoms with Crippen molar-refractivity contribution in [2.45, 2.75) is 31.9 Å². The van der Waals surface area contributed by atoms with Crippen molar-refractivity contribution in [1.82, 2.24) is 0 Å². The third-order valence-corrected chi connectivity index (χ3v) is 1.65. The van der Waals surface area contributed by atoms with Crippen molar-refractivity contribution in [3.8, 4) is 0 Å². The third kappa shape index (κ3) is 3.13. The summed E-state index contributed by atoms with van der Waals surface area (Å²) >= 11 is 0. The lowest BCUT2D eigenvalue weighted by molar-refractivity contribution is -0.318. The van der Waals surface area contributed by atoms with E-state index in [9.17, 15) is 13.2 Å². The molecular weight excluding hydrogens is 189 g/mol. The maximum absolute atomic E-state index is 12.1. The van der Waals surface area contributed by atoms with E-state index in [1.165, 1.54) is 0 Å². The number of hydrogen-bond donors (Lipinski definition) is 0. The van der Waals surface area contributed by atoms with E-state index in [0.717, 1.165) is 0 Å². The van der Waals surface area contributed by atoms with E-state index in [2.05, 4.69) is 4.74 Å². The van der Waals surface area contributed by atoms with Gasteiger partial charge in [0, 0.05) is 13.0 Å². The molecule has 0 aliphatic carbocycles. The lowest BCUT2D eigenvalue weighted by Crippen LogP contribution is -2.41. The Bertz CT molecular complexity index is 158. The van der Waals surface area contributed by atoms with Crippen LogP contribution in [0.15, 0.2) is 0 Å². The molecular formula is C7H11F3O3. The Morgan fingerprint density at radius 2 is 2.08 bits per heavy atom. The molecule has 0 N–H and O–H groups in total. The maximum atomic E-state index is 12.1. The summed E-state index contributed by atoms with van der Waals surface area (Å²) in [5.74, 6) is 0. The zero-order chi connectivity index (χ0) is 9.90. The average molecular weight is 200 g/mol. The number of alkyl halides is 3. The van der Waals surface area contributed by atoms with Gasteiger partial charge in [0.2, 0.25) is 0 Å². The largest absolute Gasteiger partial charge is 0.414 e. The Morgan fingerprint density at radius 3 is 2.62 bits per heavy atom. The molecule has 3 nitrogen and oxygen atoms in total. The zero-order valence-electron chi connectivity index (χ0n) is 7.13. The number of ether oxygens (including phenoxy) is 3. The molecule has 1 aliphatic heterocycles. The van der Waals surface area contributed by atoms with E-state index in [0.29, 0.717) is 6.61 Å². The smallest absolute Gasteiger partial charge is 0.353 e. The van der Waals surface area contributed by atoms with Crippen LogP contribution in [0.2, 0.25) is 0 Å². The topological polar surface area (TPSA) is 27.7 Å². The molecule has 2 unspecified atom stereocenters. The highest BCUT2D eigenvalue weighted by molar-refractivity contribution is 4.71. The molecule has 0 saturated carbocycles. The molecule has 2 atom stereocenters. The van der Waals surface area contributed by atoms with Gasteiger partial charge in [-0.15, -0.1) is 0 Å². The van der Waals surface area contributed by atoms with Crippen molar-refractivity contribution in [3.63, 3.8) is 0 Å². The first-order chi connectivity index (χ1) is 6.04. The molecule has 0 amide bonds. The van der Waals surface area contributed by atoms with Gasteiger partial charge >= 0.3 is 6.18 Å². The molecule has 1 aliphatic rings. The lowest BCUT2D eigenvalue weighted by atomic mass is 10.2. The quantitative estimate of drug-likeness (QED) is 0.678. The van der Waals surface area contributed by atoms with Gasteiger partial charge in [-0.3, -0.25) is 0 Å². The van der Waals surface area contributed by atoms with Gasteiger partial charge in [-0.2, -0.15) is 13.2 Å². The van der Waals surface area contributed by atoms with Crippen LogP contribution in [0, 0.1) is 0 Å². The monoisotopic (exact) mass is 200 g/mol.